The molecule has 0 aliphatic rings. The molecule has 2 rings (SSSR count). The molecular weight excluding hydrogens is 292 g/mol. The van der Waals surface area contributed by atoms with Gasteiger partial charge in [0.2, 0.25) is 0 Å². The van der Waals surface area contributed by atoms with E-state index in [0.717, 1.165) is 0 Å². The third-order valence-corrected chi connectivity index (χ3v) is 3.46. The zero-order chi connectivity index (χ0) is 16.7. The van der Waals surface area contributed by atoms with Gasteiger partial charge in [-0.15, -0.1) is 0 Å². The van der Waals surface area contributed by atoms with Gasteiger partial charge in [-0.25, -0.2) is 0 Å². The molecule has 5 heteroatoms. The molecular formula is C18H22N2O3. The Kier molecular flexibility index (Phi) is 5.71. The lowest BCUT2D eigenvalue weighted by Crippen LogP contribution is -2.34. The molecule has 0 spiro atoms. The Hall–Kier alpha value is -2.40. The van der Waals surface area contributed by atoms with Crippen LogP contribution in [0.1, 0.15) is 30.8 Å². The van der Waals surface area contributed by atoms with Gasteiger partial charge in [-0.05, 0) is 30.0 Å². The quantitative estimate of drug-likeness (QED) is 0.824. The zero-order valence-electron chi connectivity index (χ0n) is 13.5. The first-order valence-corrected chi connectivity index (χ1v) is 7.58. The van der Waals surface area contributed by atoms with E-state index < -0.39 is 0 Å². The predicted octanol–water partition coefficient (Wildman–Crippen LogP) is 3.01. The fourth-order valence-corrected chi connectivity index (χ4v) is 2.02. The molecule has 1 aromatic heterocycles. The Bertz CT molecular complexity index is 642. The summed E-state index contributed by atoms with van der Waals surface area (Å²) in [6.45, 7) is 4.55. The second-order valence-electron chi connectivity index (χ2n) is 6.11. The SMILES string of the molecule is CC(C)(CCO)CNC(=O)c1cc(Oc2ccccc2)ccn1. The van der Waals surface area contributed by atoms with Crippen LogP contribution in [0, 0.1) is 5.41 Å². The number of hydrogen-bond donors (Lipinski definition) is 2. The number of ether oxygens (including phenoxy) is 1. The first kappa shape index (κ1) is 17.0. The molecule has 0 saturated carbocycles. The number of para-hydroxylation sites is 1. The Morgan fingerprint density at radius 2 is 1.96 bits per heavy atom. The van der Waals surface area contributed by atoms with E-state index in [1.165, 1.54) is 0 Å². The lowest BCUT2D eigenvalue weighted by Gasteiger charge is -2.23. The number of nitrogens with one attached hydrogen (secondary N) is 1. The standard InChI is InChI=1S/C18H22N2O3/c1-18(2,9-11-21)13-20-17(22)16-12-15(8-10-19-16)23-14-6-4-3-5-7-14/h3-8,10,12,21H,9,11,13H2,1-2H3,(H,20,22). The van der Waals surface area contributed by atoms with Crippen molar-refractivity contribution in [1.29, 1.82) is 0 Å². The fraction of sp³-hybridized carbons (Fsp3) is 0.333. The number of benzene rings is 1. The van der Waals surface area contributed by atoms with E-state index in [-0.39, 0.29) is 17.9 Å². The van der Waals surface area contributed by atoms with E-state index in [2.05, 4.69) is 10.3 Å². The maximum atomic E-state index is 12.2. The van der Waals surface area contributed by atoms with Gasteiger partial charge in [-0.3, -0.25) is 9.78 Å². The van der Waals surface area contributed by atoms with Crippen LogP contribution < -0.4 is 10.1 Å². The molecule has 0 radical (unpaired) electrons. The van der Waals surface area contributed by atoms with E-state index >= 15 is 0 Å². The van der Waals surface area contributed by atoms with Crippen molar-refractivity contribution in [3.63, 3.8) is 0 Å². The van der Waals surface area contributed by atoms with Gasteiger partial charge < -0.3 is 15.2 Å². The zero-order valence-corrected chi connectivity index (χ0v) is 13.5. The van der Waals surface area contributed by atoms with E-state index in [4.69, 9.17) is 9.84 Å². The Balaban J connectivity index is 2.00. The van der Waals surface area contributed by atoms with E-state index in [0.29, 0.717) is 30.2 Å². The summed E-state index contributed by atoms with van der Waals surface area (Å²) in [6, 6.07) is 12.7. The Labute approximate surface area is 136 Å². The van der Waals surface area contributed by atoms with Crippen molar-refractivity contribution in [2.75, 3.05) is 13.2 Å². The first-order valence-electron chi connectivity index (χ1n) is 7.58. The van der Waals surface area contributed by atoms with Crippen LogP contribution in [0.15, 0.2) is 48.7 Å². The summed E-state index contributed by atoms with van der Waals surface area (Å²) in [6.07, 6.45) is 2.17. The summed E-state index contributed by atoms with van der Waals surface area (Å²) in [5.74, 6) is 1.01. The van der Waals surface area contributed by atoms with Crippen LogP contribution in [0.25, 0.3) is 0 Å². The minimum absolute atomic E-state index is 0.0987. The topological polar surface area (TPSA) is 71.5 Å². The Morgan fingerprint density at radius 3 is 2.65 bits per heavy atom. The van der Waals surface area contributed by atoms with Gasteiger partial charge in [0, 0.05) is 25.4 Å². The van der Waals surface area contributed by atoms with Gasteiger partial charge in [-0.1, -0.05) is 32.0 Å². The normalized spacial score (nSPS) is 11.1. The van der Waals surface area contributed by atoms with Crippen molar-refractivity contribution in [1.82, 2.24) is 10.3 Å². The van der Waals surface area contributed by atoms with Crippen molar-refractivity contribution in [2.45, 2.75) is 20.3 Å². The number of aliphatic hydroxyl groups excluding tert-OH is 1. The van der Waals surface area contributed by atoms with Crippen LogP contribution in [-0.2, 0) is 0 Å². The number of amides is 1. The van der Waals surface area contributed by atoms with Gasteiger partial charge in [-0.2, -0.15) is 0 Å². The van der Waals surface area contributed by atoms with Gasteiger partial charge >= 0.3 is 0 Å². The molecule has 0 aliphatic carbocycles. The van der Waals surface area contributed by atoms with Crippen LogP contribution in [0.4, 0.5) is 0 Å². The molecule has 0 bridgehead atoms. The maximum absolute atomic E-state index is 12.2. The molecule has 122 valence electrons. The van der Waals surface area contributed by atoms with Crippen LogP contribution >= 0.6 is 0 Å². The summed E-state index contributed by atoms with van der Waals surface area (Å²) < 4.78 is 5.70. The number of aromatic nitrogens is 1. The molecule has 1 heterocycles. The molecule has 23 heavy (non-hydrogen) atoms. The fourth-order valence-electron chi connectivity index (χ4n) is 2.02. The highest BCUT2D eigenvalue weighted by atomic mass is 16.5. The van der Waals surface area contributed by atoms with Crippen molar-refractivity contribution >= 4 is 5.91 Å². The predicted molar refractivity (Wildman–Crippen MR) is 88.6 cm³/mol. The van der Waals surface area contributed by atoms with Gasteiger partial charge in [0.1, 0.15) is 17.2 Å². The third kappa shape index (κ3) is 5.38. The van der Waals surface area contributed by atoms with E-state index in [1.54, 1.807) is 18.3 Å². The smallest absolute Gasteiger partial charge is 0.270 e. The van der Waals surface area contributed by atoms with Crippen LogP contribution in [0.5, 0.6) is 11.5 Å². The number of pyridine rings is 1. The highest BCUT2D eigenvalue weighted by Gasteiger charge is 2.19. The lowest BCUT2D eigenvalue weighted by atomic mass is 9.90. The summed E-state index contributed by atoms with van der Waals surface area (Å²) >= 11 is 0. The van der Waals surface area contributed by atoms with E-state index in [1.807, 2.05) is 44.2 Å². The number of carbonyl (C=O) groups is 1. The largest absolute Gasteiger partial charge is 0.457 e. The average molecular weight is 314 g/mol. The van der Waals surface area contributed by atoms with Gasteiger partial charge in [0.25, 0.3) is 5.91 Å². The van der Waals surface area contributed by atoms with Gasteiger partial charge in [0.15, 0.2) is 0 Å². The van der Waals surface area contributed by atoms with Crippen molar-refractivity contribution in [3.05, 3.63) is 54.4 Å². The van der Waals surface area contributed by atoms with Crippen LogP contribution in [0.3, 0.4) is 0 Å². The van der Waals surface area contributed by atoms with Crippen LogP contribution in [0.2, 0.25) is 0 Å². The maximum Gasteiger partial charge on any atom is 0.270 e. The summed E-state index contributed by atoms with van der Waals surface area (Å²) in [5.41, 5.74) is 0.140. The second-order valence-corrected chi connectivity index (χ2v) is 6.11. The second kappa shape index (κ2) is 7.74. The molecule has 5 nitrogen and oxygen atoms in total. The first-order chi connectivity index (χ1) is 11.0. The molecule has 0 aliphatic heterocycles. The summed E-state index contributed by atoms with van der Waals surface area (Å²) in [4.78, 5) is 16.3. The van der Waals surface area contributed by atoms with E-state index in [9.17, 15) is 4.79 Å². The third-order valence-electron chi connectivity index (χ3n) is 3.46. The minimum Gasteiger partial charge on any atom is -0.457 e. The molecule has 1 amide bonds. The molecule has 2 N–H and O–H groups in total. The molecule has 2 aromatic rings. The molecule has 0 saturated heterocycles. The number of hydrogen-bond acceptors (Lipinski definition) is 4. The minimum atomic E-state index is -0.255. The number of rotatable bonds is 7. The van der Waals surface area contributed by atoms with Crippen molar-refractivity contribution < 1.29 is 14.6 Å². The monoisotopic (exact) mass is 314 g/mol. The average Bonchev–Trinajstić information content (AvgIpc) is 2.54. The van der Waals surface area contributed by atoms with Crippen LogP contribution in [-0.4, -0.2) is 29.1 Å². The molecule has 0 unspecified atom stereocenters. The molecule has 0 fully saturated rings. The molecule has 1 aromatic carbocycles. The van der Waals surface area contributed by atoms with Crippen molar-refractivity contribution in [2.24, 2.45) is 5.41 Å². The molecule has 0 atom stereocenters. The Morgan fingerprint density at radius 1 is 1.22 bits per heavy atom. The van der Waals surface area contributed by atoms with Gasteiger partial charge in [0.05, 0.1) is 0 Å². The lowest BCUT2D eigenvalue weighted by molar-refractivity contribution is 0.0923. The summed E-state index contributed by atoms with van der Waals surface area (Å²) in [5, 5.41) is 11.9. The number of aliphatic hydroxyl groups is 1. The highest BCUT2D eigenvalue weighted by molar-refractivity contribution is 5.92. The highest BCUT2D eigenvalue weighted by Crippen LogP contribution is 2.21. The number of carbonyl (C=O) groups excluding carboxylic acids is 1. The number of nitrogens with zero attached hydrogens (tertiary/aromatic N) is 1. The van der Waals surface area contributed by atoms with Crippen molar-refractivity contribution in [3.8, 4) is 11.5 Å². The summed E-state index contributed by atoms with van der Waals surface area (Å²) in [7, 11) is 0.